The summed E-state index contributed by atoms with van der Waals surface area (Å²) in [4.78, 5) is 4.46. The van der Waals surface area contributed by atoms with Gasteiger partial charge >= 0.3 is 0 Å². The molecule has 0 bridgehead atoms. The van der Waals surface area contributed by atoms with Gasteiger partial charge in [-0.1, -0.05) is 20.3 Å². The molecule has 0 radical (unpaired) electrons. The first-order chi connectivity index (χ1) is 13.8. The number of nitrogens with zero attached hydrogens (tertiary/aromatic N) is 4. The number of hydrazone groups is 1. The molecule has 9 nitrogen and oxygen atoms in total. The van der Waals surface area contributed by atoms with Gasteiger partial charge in [-0.3, -0.25) is 9.99 Å². The highest BCUT2D eigenvalue weighted by Gasteiger charge is 2.18. The van der Waals surface area contributed by atoms with Crippen LogP contribution in [0.25, 0.3) is 5.70 Å². The smallest absolute Gasteiger partial charge is 0.139 e. The maximum atomic E-state index is 6.37. The molecule has 0 atom stereocenters. The van der Waals surface area contributed by atoms with Crippen LogP contribution in [0.1, 0.15) is 58.1 Å². The zero-order chi connectivity index (χ0) is 21.4. The van der Waals surface area contributed by atoms with Crippen molar-refractivity contribution in [3.05, 3.63) is 29.7 Å². The van der Waals surface area contributed by atoms with Gasteiger partial charge in [0, 0.05) is 13.5 Å². The molecule has 8 N–H and O–H groups in total. The summed E-state index contributed by atoms with van der Waals surface area (Å²) in [5.41, 5.74) is 8.03. The standard InChI is InChI=1S/C20H36N8O/c1-14(2)11-19(26-22)28(24)13-18(27(3)23)20(21)17-10-9-16(12-25-17)29-15-7-5-4-6-8-15/h9-10,12,14-15H,4-8,11,13,21-24H2,1-3H3/b20-18-,26-19-. The molecule has 0 amide bonds. The van der Waals surface area contributed by atoms with E-state index in [9.17, 15) is 0 Å². The van der Waals surface area contributed by atoms with Crippen LogP contribution in [0.2, 0.25) is 0 Å². The van der Waals surface area contributed by atoms with Crippen molar-refractivity contribution < 1.29 is 4.74 Å². The Morgan fingerprint density at radius 3 is 2.45 bits per heavy atom. The SMILES string of the molecule is CC(C)C/C(=N/N)N(N)C/C(=C(/N)c1ccc(OC2CCCCC2)cn1)N(C)N. The molecule has 0 saturated heterocycles. The average Bonchev–Trinajstić information content (AvgIpc) is 2.70. The third-order valence-corrected chi connectivity index (χ3v) is 5.00. The van der Waals surface area contributed by atoms with E-state index in [2.05, 4.69) is 23.9 Å². The van der Waals surface area contributed by atoms with E-state index >= 15 is 0 Å². The zero-order valence-electron chi connectivity index (χ0n) is 17.8. The van der Waals surface area contributed by atoms with Gasteiger partial charge in [0.2, 0.25) is 0 Å². The van der Waals surface area contributed by atoms with Gasteiger partial charge in [0.1, 0.15) is 11.6 Å². The molecule has 1 aromatic heterocycles. The Labute approximate surface area is 173 Å². The van der Waals surface area contributed by atoms with Gasteiger partial charge in [0.15, 0.2) is 0 Å². The van der Waals surface area contributed by atoms with Crippen molar-refractivity contribution in [2.24, 2.45) is 34.3 Å². The fourth-order valence-corrected chi connectivity index (χ4v) is 3.38. The molecule has 29 heavy (non-hydrogen) atoms. The van der Waals surface area contributed by atoms with Gasteiger partial charge in [0.25, 0.3) is 0 Å². The van der Waals surface area contributed by atoms with Crippen LogP contribution in [0.3, 0.4) is 0 Å². The van der Waals surface area contributed by atoms with E-state index in [1.807, 2.05) is 12.1 Å². The average molecular weight is 405 g/mol. The minimum Gasteiger partial charge on any atom is -0.489 e. The number of amidine groups is 1. The fraction of sp³-hybridized carbons (Fsp3) is 0.600. The number of hydrogen-bond acceptors (Lipinski definition) is 8. The van der Waals surface area contributed by atoms with E-state index in [1.165, 1.54) is 29.3 Å². The highest BCUT2D eigenvalue weighted by molar-refractivity contribution is 5.82. The second kappa shape index (κ2) is 10.9. The molecule has 162 valence electrons. The topological polar surface area (TPSA) is 145 Å². The predicted octanol–water partition coefficient (Wildman–Crippen LogP) is 1.72. The molecular weight excluding hydrogens is 368 g/mol. The Morgan fingerprint density at radius 2 is 1.93 bits per heavy atom. The zero-order valence-corrected chi connectivity index (χ0v) is 17.8. The van der Waals surface area contributed by atoms with Crippen LogP contribution in [-0.2, 0) is 0 Å². The van der Waals surface area contributed by atoms with Gasteiger partial charge in [-0.15, -0.1) is 0 Å². The molecule has 0 unspecified atom stereocenters. The second-order valence-electron chi connectivity index (χ2n) is 8.00. The van der Waals surface area contributed by atoms with Crippen LogP contribution >= 0.6 is 0 Å². The summed E-state index contributed by atoms with van der Waals surface area (Å²) in [5, 5.41) is 6.70. The number of nitrogens with two attached hydrogens (primary N) is 4. The normalized spacial score (nSPS) is 16.6. The first kappa shape index (κ1) is 22.8. The number of likely N-dealkylation sites (N-methyl/N-ethyl adjacent to an activating group) is 1. The molecule has 1 aromatic rings. The van der Waals surface area contributed by atoms with Gasteiger partial charge in [-0.2, -0.15) is 5.10 Å². The van der Waals surface area contributed by atoms with Crippen molar-refractivity contribution in [2.45, 2.75) is 58.5 Å². The molecular formula is C20H36N8O. The van der Waals surface area contributed by atoms with Crippen molar-refractivity contribution in [1.29, 1.82) is 0 Å². The Kier molecular flexibility index (Phi) is 8.53. The molecule has 1 aliphatic carbocycles. The minimum absolute atomic E-state index is 0.254. The van der Waals surface area contributed by atoms with Crippen molar-refractivity contribution in [2.75, 3.05) is 13.6 Å². The van der Waals surface area contributed by atoms with Crippen molar-refractivity contribution in [1.82, 2.24) is 15.0 Å². The number of pyridine rings is 1. The lowest BCUT2D eigenvalue weighted by atomic mass is 9.98. The van der Waals surface area contributed by atoms with E-state index in [-0.39, 0.29) is 12.6 Å². The van der Waals surface area contributed by atoms with Crippen LogP contribution in [0.5, 0.6) is 5.75 Å². The van der Waals surface area contributed by atoms with E-state index in [0.29, 0.717) is 35.3 Å². The maximum Gasteiger partial charge on any atom is 0.139 e. The van der Waals surface area contributed by atoms with Crippen LogP contribution in [0.15, 0.2) is 29.1 Å². The molecule has 2 rings (SSSR count). The van der Waals surface area contributed by atoms with E-state index in [0.717, 1.165) is 18.6 Å². The third kappa shape index (κ3) is 6.79. The molecule has 0 aliphatic heterocycles. The Bertz CT molecular complexity index is 693. The third-order valence-electron chi connectivity index (χ3n) is 5.00. The number of hydrazine groups is 2. The Balaban J connectivity index is 2.13. The minimum atomic E-state index is 0.254. The molecule has 1 aliphatic rings. The number of aromatic nitrogens is 1. The second-order valence-corrected chi connectivity index (χ2v) is 8.00. The molecule has 0 aromatic carbocycles. The quantitative estimate of drug-likeness (QED) is 0.222. The lowest BCUT2D eigenvalue weighted by Crippen LogP contribution is -2.44. The summed E-state index contributed by atoms with van der Waals surface area (Å²) < 4.78 is 6.03. The van der Waals surface area contributed by atoms with Gasteiger partial charge in [0.05, 0.1) is 35.9 Å². The summed E-state index contributed by atoms with van der Waals surface area (Å²) in [6.07, 6.45) is 8.56. The lowest BCUT2D eigenvalue weighted by Gasteiger charge is -2.27. The molecule has 1 fully saturated rings. The van der Waals surface area contributed by atoms with E-state index in [1.54, 1.807) is 13.2 Å². The van der Waals surface area contributed by atoms with Crippen LogP contribution in [0, 0.1) is 5.92 Å². The van der Waals surface area contributed by atoms with Gasteiger partial charge in [-0.05, 0) is 43.7 Å². The lowest BCUT2D eigenvalue weighted by molar-refractivity contribution is 0.154. The summed E-state index contributed by atoms with van der Waals surface area (Å²) in [5.74, 6) is 19.4. The fourth-order valence-electron chi connectivity index (χ4n) is 3.38. The predicted molar refractivity (Wildman–Crippen MR) is 117 cm³/mol. The monoisotopic (exact) mass is 404 g/mol. The van der Waals surface area contributed by atoms with Crippen molar-refractivity contribution in [3.8, 4) is 5.75 Å². The van der Waals surface area contributed by atoms with Crippen molar-refractivity contribution >= 4 is 11.5 Å². The molecule has 0 spiro atoms. The summed E-state index contributed by atoms with van der Waals surface area (Å²) in [6.45, 7) is 4.39. The largest absolute Gasteiger partial charge is 0.489 e. The van der Waals surface area contributed by atoms with E-state index in [4.69, 9.17) is 28.0 Å². The molecule has 1 saturated carbocycles. The Morgan fingerprint density at radius 1 is 1.24 bits per heavy atom. The van der Waals surface area contributed by atoms with Gasteiger partial charge in [-0.25, -0.2) is 11.7 Å². The Hall–Kier alpha value is -2.52. The van der Waals surface area contributed by atoms with Crippen molar-refractivity contribution in [3.63, 3.8) is 0 Å². The highest BCUT2D eigenvalue weighted by Crippen LogP contribution is 2.24. The first-order valence-electron chi connectivity index (χ1n) is 10.2. The van der Waals surface area contributed by atoms with Crippen LogP contribution in [0.4, 0.5) is 0 Å². The van der Waals surface area contributed by atoms with E-state index < -0.39 is 0 Å². The highest BCUT2D eigenvalue weighted by atomic mass is 16.5. The van der Waals surface area contributed by atoms with Crippen LogP contribution in [-0.4, -0.2) is 40.5 Å². The number of rotatable bonds is 8. The summed E-state index contributed by atoms with van der Waals surface area (Å²) in [6, 6.07) is 3.73. The first-order valence-corrected chi connectivity index (χ1v) is 10.2. The van der Waals surface area contributed by atoms with Gasteiger partial charge < -0.3 is 21.3 Å². The molecule has 1 heterocycles. The maximum absolute atomic E-state index is 6.37. The summed E-state index contributed by atoms with van der Waals surface area (Å²) >= 11 is 0. The summed E-state index contributed by atoms with van der Waals surface area (Å²) in [7, 11) is 1.71. The molecule has 9 heteroatoms. The van der Waals surface area contributed by atoms with Crippen LogP contribution < -0.4 is 28.0 Å². The number of hydrogen-bond donors (Lipinski definition) is 4. The number of ether oxygens (including phenoxy) is 1.